The van der Waals surface area contributed by atoms with Gasteiger partial charge in [0, 0.05) is 10.6 Å². The van der Waals surface area contributed by atoms with Crippen molar-refractivity contribution >= 4 is 23.3 Å². The molecule has 0 spiro atoms. The van der Waals surface area contributed by atoms with E-state index in [0.717, 1.165) is 16.7 Å². The minimum atomic E-state index is -0.286. The lowest BCUT2D eigenvalue weighted by molar-refractivity contribution is 0.305. The zero-order valence-electron chi connectivity index (χ0n) is 14.7. The second-order valence-electron chi connectivity index (χ2n) is 6.13. The lowest BCUT2D eigenvalue weighted by atomic mass is 10.0. The summed E-state index contributed by atoms with van der Waals surface area (Å²) in [5, 5.41) is 10.1. The molecule has 2 nitrogen and oxygen atoms in total. The number of rotatable bonds is 5. The molecule has 0 N–H and O–H groups in total. The van der Waals surface area contributed by atoms with Crippen LogP contribution < -0.4 is 4.74 Å². The van der Waals surface area contributed by atoms with Crippen molar-refractivity contribution in [3.8, 4) is 11.8 Å². The first-order chi connectivity index (χ1) is 13.0. The van der Waals surface area contributed by atoms with Crippen molar-refractivity contribution in [2.24, 2.45) is 0 Å². The van der Waals surface area contributed by atoms with Crippen LogP contribution in [0.15, 0.2) is 66.7 Å². The van der Waals surface area contributed by atoms with Gasteiger partial charge in [0.15, 0.2) is 0 Å². The van der Waals surface area contributed by atoms with Crippen LogP contribution in [0.25, 0.3) is 11.6 Å². The molecule has 27 heavy (non-hydrogen) atoms. The third-order valence-electron chi connectivity index (χ3n) is 4.06. The zero-order chi connectivity index (χ0) is 19.2. The SMILES string of the molecule is Cc1ccc(/C(C#N)=C/c2cc(Cl)ccc2OCc2ccc(F)cc2)cc1. The van der Waals surface area contributed by atoms with E-state index in [1.165, 1.54) is 12.1 Å². The summed E-state index contributed by atoms with van der Waals surface area (Å²) in [6.07, 6.45) is 1.76. The predicted molar refractivity (Wildman–Crippen MR) is 107 cm³/mol. The van der Waals surface area contributed by atoms with Gasteiger partial charge in [-0.1, -0.05) is 53.6 Å². The first-order valence-electron chi connectivity index (χ1n) is 8.41. The van der Waals surface area contributed by atoms with Crippen molar-refractivity contribution in [2.75, 3.05) is 0 Å². The maximum Gasteiger partial charge on any atom is 0.127 e. The minimum Gasteiger partial charge on any atom is -0.488 e. The Morgan fingerprint density at radius 3 is 2.44 bits per heavy atom. The first kappa shape index (κ1) is 18.7. The largest absolute Gasteiger partial charge is 0.488 e. The molecule has 134 valence electrons. The fourth-order valence-corrected chi connectivity index (χ4v) is 2.75. The Morgan fingerprint density at radius 1 is 1.07 bits per heavy atom. The minimum absolute atomic E-state index is 0.286. The average Bonchev–Trinajstić information content (AvgIpc) is 2.67. The summed E-state index contributed by atoms with van der Waals surface area (Å²) in [6.45, 7) is 2.28. The van der Waals surface area contributed by atoms with E-state index in [2.05, 4.69) is 6.07 Å². The van der Waals surface area contributed by atoms with Crippen LogP contribution in [0.1, 0.15) is 22.3 Å². The van der Waals surface area contributed by atoms with Crippen LogP contribution in [-0.4, -0.2) is 0 Å². The Morgan fingerprint density at radius 2 is 1.78 bits per heavy atom. The van der Waals surface area contributed by atoms with E-state index in [4.69, 9.17) is 16.3 Å². The number of nitrogens with zero attached hydrogens (tertiary/aromatic N) is 1. The van der Waals surface area contributed by atoms with Crippen LogP contribution >= 0.6 is 11.6 Å². The first-order valence-corrected chi connectivity index (χ1v) is 8.78. The number of benzene rings is 3. The Balaban J connectivity index is 1.89. The smallest absolute Gasteiger partial charge is 0.127 e. The normalized spacial score (nSPS) is 11.1. The molecule has 4 heteroatoms. The number of ether oxygens (including phenoxy) is 1. The van der Waals surface area contributed by atoms with Gasteiger partial charge in [-0.25, -0.2) is 4.39 Å². The van der Waals surface area contributed by atoms with Gasteiger partial charge in [0.1, 0.15) is 18.2 Å². The molecule has 0 radical (unpaired) electrons. The van der Waals surface area contributed by atoms with Gasteiger partial charge in [0.25, 0.3) is 0 Å². The number of halogens is 2. The quantitative estimate of drug-likeness (QED) is 0.379. The summed E-state index contributed by atoms with van der Waals surface area (Å²) >= 11 is 6.14. The van der Waals surface area contributed by atoms with Gasteiger partial charge in [0.2, 0.25) is 0 Å². The summed E-state index contributed by atoms with van der Waals surface area (Å²) in [5.74, 6) is 0.314. The van der Waals surface area contributed by atoms with E-state index in [0.29, 0.717) is 21.9 Å². The number of nitriles is 1. The summed E-state index contributed by atoms with van der Waals surface area (Å²) in [4.78, 5) is 0. The van der Waals surface area contributed by atoms with Crippen LogP contribution in [-0.2, 0) is 6.61 Å². The molecular weight excluding hydrogens is 361 g/mol. The average molecular weight is 378 g/mol. The highest BCUT2D eigenvalue weighted by Crippen LogP contribution is 2.28. The van der Waals surface area contributed by atoms with Crippen molar-refractivity contribution in [2.45, 2.75) is 13.5 Å². The Bertz CT molecular complexity index is 1000. The molecule has 3 rings (SSSR count). The molecule has 0 aliphatic rings. The molecule has 3 aromatic rings. The van der Waals surface area contributed by atoms with Crippen molar-refractivity contribution in [3.63, 3.8) is 0 Å². The monoisotopic (exact) mass is 377 g/mol. The Hall–Kier alpha value is -3.09. The number of hydrogen-bond donors (Lipinski definition) is 0. The van der Waals surface area contributed by atoms with Crippen molar-refractivity contribution < 1.29 is 9.13 Å². The summed E-state index contributed by atoms with van der Waals surface area (Å²) in [6, 6.07) is 21.4. The number of hydrogen-bond acceptors (Lipinski definition) is 2. The van der Waals surface area contributed by atoms with E-state index in [-0.39, 0.29) is 12.4 Å². The summed E-state index contributed by atoms with van der Waals surface area (Å²) < 4.78 is 18.9. The molecule has 0 aliphatic heterocycles. The van der Waals surface area contributed by atoms with Crippen molar-refractivity contribution in [1.29, 1.82) is 5.26 Å². The van der Waals surface area contributed by atoms with E-state index >= 15 is 0 Å². The molecule has 0 saturated heterocycles. The van der Waals surface area contributed by atoms with Gasteiger partial charge in [-0.3, -0.25) is 0 Å². The second kappa shape index (κ2) is 8.53. The van der Waals surface area contributed by atoms with Crippen LogP contribution in [0.4, 0.5) is 4.39 Å². The third-order valence-corrected chi connectivity index (χ3v) is 4.30. The molecule has 0 heterocycles. The molecular formula is C23H17ClFNO. The molecule has 0 aromatic heterocycles. The molecule has 0 amide bonds. The third kappa shape index (κ3) is 4.97. The maximum absolute atomic E-state index is 13.0. The number of allylic oxidation sites excluding steroid dienone is 1. The Labute approximate surface area is 163 Å². The van der Waals surface area contributed by atoms with Gasteiger partial charge < -0.3 is 4.74 Å². The zero-order valence-corrected chi connectivity index (χ0v) is 15.5. The second-order valence-corrected chi connectivity index (χ2v) is 6.57. The maximum atomic E-state index is 13.0. The van der Waals surface area contributed by atoms with Crippen LogP contribution in [0.3, 0.4) is 0 Å². The molecule has 0 aliphatic carbocycles. The van der Waals surface area contributed by atoms with Crippen LogP contribution in [0.2, 0.25) is 5.02 Å². The lowest BCUT2D eigenvalue weighted by Gasteiger charge is -2.11. The van der Waals surface area contributed by atoms with E-state index in [1.54, 1.807) is 36.4 Å². The van der Waals surface area contributed by atoms with Crippen LogP contribution in [0.5, 0.6) is 5.75 Å². The van der Waals surface area contributed by atoms with E-state index in [1.807, 2.05) is 31.2 Å². The fourth-order valence-electron chi connectivity index (χ4n) is 2.57. The van der Waals surface area contributed by atoms with Gasteiger partial charge in [0.05, 0.1) is 11.6 Å². The van der Waals surface area contributed by atoms with Gasteiger partial charge in [-0.05, 0) is 54.5 Å². The molecule has 3 aromatic carbocycles. The molecule has 0 unspecified atom stereocenters. The van der Waals surface area contributed by atoms with E-state index in [9.17, 15) is 9.65 Å². The Kier molecular flexibility index (Phi) is 5.90. The topological polar surface area (TPSA) is 33.0 Å². The highest BCUT2D eigenvalue weighted by Gasteiger charge is 2.07. The number of aryl methyl sites for hydroxylation is 1. The highest BCUT2D eigenvalue weighted by atomic mass is 35.5. The summed E-state index contributed by atoms with van der Waals surface area (Å²) in [7, 11) is 0. The molecule has 0 atom stereocenters. The molecule has 0 saturated carbocycles. The fraction of sp³-hybridized carbons (Fsp3) is 0.0870. The molecule has 0 fully saturated rings. The summed E-state index contributed by atoms with van der Waals surface area (Å²) in [5.41, 5.74) is 4.03. The van der Waals surface area contributed by atoms with E-state index < -0.39 is 0 Å². The standard InChI is InChI=1S/C23H17ClFNO/c1-16-2-6-18(7-3-16)20(14-26)12-19-13-21(24)8-11-23(19)27-15-17-4-9-22(25)10-5-17/h2-13H,15H2,1H3/b20-12+. The van der Waals surface area contributed by atoms with Crippen molar-refractivity contribution in [1.82, 2.24) is 0 Å². The molecule has 0 bridgehead atoms. The van der Waals surface area contributed by atoms with Gasteiger partial charge in [-0.2, -0.15) is 5.26 Å². The van der Waals surface area contributed by atoms with Gasteiger partial charge in [-0.15, -0.1) is 0 Å². The van der Waals surface area contributed by atoms with Gasteiger partial charge >= 0.3 is 0 Å². The van der Waals surface area contributed by atoms with Crippen LogP contribution in [0, 0.1) is 24.1 Å². The lowest BCUT2D eigenvalue weighted by Crippen LogP contribution is -1.97. The van der Waals surface area contributed by atoms with Crippen molar-refractivity contribution in [3.05, 3.63) is 99.8 Å². The highest BCUT2D eigenvalue weighted by molar-refractivity contribution is 6.30. The predicted octanol–water partition coefficient (Wildman–Crippen LogP) is 6.43.